The van der Waals surface area contributed by atoms with Gasteiger partial charge in [-0.1, -0.05) is 23.7 Å². The van der Waals surface area contributed by atoms with Crippen molar-refractivity contribution < 1.29 is 4.79 Å². The van der Waals surface area contributed by atoms with Gasteiger partial charge in [0.1, 0.15) is 16.9 Å². The smallest absolute Gasteiger partial charge is 0.220 e. The van der Waals surface area contributed by atoms with Crippen LogP contribution in [0.1, 0.15) is 52.1 Å². The normalized spacial score (nSPS) is 17.8. The number of piperazine rings is 1. The van der Waals surface area contributed by atoms with Gasteiger partial charge in [-0.3, -0.25) is 14.4 Å². The number of carbonyl (C=O) groups is 1. The van der Waals surface area contributed by atoms with Crippen molar-refractivity contribution in [3.05, 3.63) is 62.5 Å². The number of amides is 1. The van der Waals surface area contributed by atoms with Gasteiger partial charge in [0.25, 0.3) is 0 Å². The lowest BCUT2D eigenvalue weighted by Gasteiger charge is -2.26. The monoisotopic (exact) mass is 525 g/mol. The Morgan fingerprint density at radius 2 is 1.92 bits per heavy atom. The number of aliphatic imine (C=N–C) groups is 1. The topological polar surface area (TPSA) is 87.4 Å². The summed E-state index contributed by atoms with van der Waals surface area (Å²) in [5.74, 6) is 1.61. The maximum atomic E-state index is 12.7. The van der Waals surface area contributed by atoms with Crippen LogP contribution in [0.5, 0.6) is 0 Å². The van der Waals surface area contributed by atoms with Crippen LogP contribution in [0.4, 0.5) is 0 Å². The Balaban J connectivity index is 1.40. The Labute approximate surface area is 220 Å². The first kappa shape index (κ1) is 25.1. The van der Waals surface area contributed by atoms with E-state index in [0.717, 1.165) is 72.6 Å². The predicted octanol–water partition coefficient (Wildman–Crippen LogP) is 3.60. The van der Waals surface area contributed by atoms with Crippen molar-refractivity contribution in [2.24, 2.45) is 4.99 Å². The maximum absolute atomic E-state index is 12.7. The second-order valence-corrected chi connectivity index (χ2v) is 11.0. The minimum atomic E-state index is -0.353. The number of thiophene rings is 1. The van der Waals surface area contributed by atoms with Gasteiger partial charge >= 0.3 is 0 Å². The van der Waals surface area contributed by atoms with E-state index in [2.05, 4.69) is 44.1 Å². The molecule has 4 heterocycles. The number of hydrogen-bond donors (Lipinski definition) is 2. The Hall–Kier alpha value is -2.59. The molecule has 2 aromatic heterocycles. The standard InChI is InChI=1S/C26H32ClN7OS/c1-16-17(2)36-26-23(16)24(19-6-8-20(27)9-7-19)30-21(25-32-31-18(3)34(25)26)15-29-22(35)5-4-12-33-13-10-28-11-14-33/h6-9,21,28H,4-5,10-15H2,1-3H3,(H,29,35)/t21-/m0/s1. The van der Waals surface area contributed by atoms with E-state index in [4.69, 9.17) is 16.6 Å². The highest BCUT2D eigenvalue weighted by atomic mass is 35.5. The average molecular weight is 526 g/mol. The molecule has 2 aliphatic heterocycles. The fraction of sp³-hybridized carbons (Fsp3) is 0.462. The van der Waals surface area contributed by atoms with Gasteiger partial charge in [-0.05, 0) is 51.4 Å². The molecule has 0 bridgehead atoms. The number of benzene rings is 1. The van der Waals surface area contributed by atoms with Crippen molar-refractivity contribution in [1.82, 2.24) is 30.3 Å². The molecular formula is C26H32ClN7OS. The molecule has 5 rings (SSSR count). The molecule has 1 amide bonds. The third-order valence-corrected chi connectivity index (χ3v) is 8.38. The van der Waals surface area contributed by atoms with E-state index in [0.29, 0.717) is 18.0 Å². The van der Waals surface area contributed by atoms with Crippen molar-refractivity contribution in [3.63, 3.8) is 0 Å². The minimum absolute atomic E-state index is 0.0437. The van der Waals surface area contributed by atoms with Crippen molar-refractivity contribution in [3.8, 4) is 5.00 Å². The Morgan fingerprint density at radius 1 is 1.17 bits per heavy atom. The van der Waals surface area contributed by atoms with Gasteiger partial charge in [0.05, 0.1) is 5.71 Å². The molecule has 2 aliphatic rings. The summed E-state index contributed by atoms with van der Waals surface area (Å²) in [6.45, 7) is 11.7. The molecule has 2 N–H and O–H groups in total. The van der Waals surface area contributed by atoms with Gasteiger partial charge < -0.3 is 15.5 Å². The number of fused-ring (bicyclic) bond motifs is 3. The number of hydrogen-bond acceptors (Lipinski definition) is 7. The highest BCUT2D eigenvalue weighted by Crippen LogP contribution is 2.38. The van der Waals surface area contributed by atoms with Gasteiger partial charge in [0.2, 0.25) is 5.91 Å². The number of rotatable bonds is 7. The first-order valence-corrected chi connectivity index (χ1v) is 13.7. The van der Waals surface area contributed by atoms with Crippen LogP contribution in [-0.4, -0.2) is 70.6 Å². The zero-order chi connectivity index (χ0) is 25.2. The Morgan fingerprint density at radius 3 is 2.67 bits per heavy atom. The van der Waals surface area contributed by atoms with Gasteiger partial charge in [-0.25, -0.2) is 0 Å². The van der Waals surface area contributed by atoms with Crippen LogP contribution in [0.15, 0.2) is 29.3 Å². The SMILES string of the molecule is Cc1sc2c(c1C)C(c1ccc(Cl)cc1)=N[C@@H](CNC(=O)CCCN1CCNCC1)c1nnc(C)n1-2. The van der Waals surface area contributed by atoms with E-state index in [-0.39, 0.29) is 11.9 Å². The molecule has 0 spiro atoms. The lowest BCUT2D eigenvalue weighted by Crippen LogP contribution is -2.43. The van der Waals surface area contributed by atoms with Crippen LogP contribution in [0, 0.1) is 20.8 Å². The zero-order valence-corrected chi connectivity index (χ0v) is 22.5. The van der Waals surface area contributed by atoms with E-state index in [1.165, 1.54) is 10.4 Å². The van der Waals surface area contributed by atoms with E-state index >= 15 is 0 Å². The molecule has 1 fully saturated rings. The summed E-state index contributed by atoms with van der Waals surface area (Å²) in [6, 6.07) is 7.43. The molecule has 1 saturated heterocycles. The summed E-state index contributed by atoms with van der Waals surface area (Å²) >= 11 is 7.91. The summed E-state index contributed by atoms with van der Waals surface area (Å²) in [5, 5.41) is 17.1. The van der Waals surface area contributed by atoms with Crippen LogP contribution in [0.3, 0.4) is 0 Å². The summed E-state index contributed by atoms with van der Waals surface area (Å²) < 4.78 is 2.10. The zero-order valence-electron chi connectivity index (χ0n) is 21.0. The molecule has 0 unspecified atom stereocenters. The fourth-order valence-corrected chi connectivity index (χ4v) is 6.17. The minimum Gasteiger partial charge on any atom is -0.353 e. The maximum Gasteiger partial charge on any atom is 0.220 e. The van der Waals surface area contributed by atoms with Crippen LogP contribution in [0.25, 0.3) is 5.00 Å². The molecule has 0 aliphatic carbocycles. The summed E-state index contributed by atoms with van der Waals surface area (Å²) in [6.07, 6.45) is 1.35. The number of halogens is 1. The van der Waals surface area contributed by atoms with E-state index < -0.39 is 0 Å². The number of nitrogens with zero attached hydrogens (tertiary/aromatic N) is 5. The number of aryl methyl sites for hydroxylation is 2. The largest absolute Gasteiger partial charge is 0.353 e. The Bertz CT molecular complexity index is 1270. The predicted molar refractivity (Wildman–Crippen MR) is 145 cm³/mol. The second-order valence-electron chi connectivity index (χ2n) is 9.40. The van der Waals surface area contributed by atoms with Gasteiger partial charge in [0.15, 0.2) is 5.82 Å². The van der Waals surface area contributed by atoms with Gasteiger partial charge in [-0.15, -0.1) is 21.5 Å². The first-order chi connectivity index (χ1) is 17.4. The second kappa shape index (κ2) is 10.8. The van der Waals surface area contributed by atoms with E-state index in [9.17, 15) is 4.79 Å². The van der Waals surface area contributed by atoms with Crippen LogP contribution < -0.4 is 10.6 Å². The van der Waals surface area contributed by atoms with Gasteiger partial charge in [-0.2, -0.15) is 0 Å². The molecule has 1 aromatic carbocycles. The number of nitrogens with one attached hydrogen (secondary N) is 2. The van der Waals surface area contributed by atoms with Crippen molar-refractivity contribution in [2.45, 2.75) is 39.7 Å². The van der Waals surface area contributed by atoms with Crippen LogP contribution in [-0.2, 0) is 4.79 Å². The van der Waals surface area contributed by atoms with Crippen molar-refractivity contribution in [1.29, 1.82) is 0 Å². The third kappa shape index (κ3) is 5.11. The molecular weight excluding hydrogens is 494 g/mol. The van der Waals surface area contributed by atoms with E-state index in [1.807, 2.05) is 31.2 Å². The summed E-state index contributed by atoms with van der Waals surface area (Å²) in [5.41, 5.74) is 4.17. The molecule has 8 nitrogen and oxygen atoms in total. The molecule has 36 heavy (non-hydrogen) atoms. The van der Waals surface area contributed by atoms with E-state index in [1.54, 1.807) is 11.3 Å². The fourth-order valence-electron chi connectivity index (χ4n) is 4.83. The molecule has 3 aromatic rings. The molecule has 10 heteroatoms. The molecule has 190 valence electrons. The summed E-state index contributed by atoms with van der Waals surface area (Å²) in [4.78, 5) is 21.6. The lowest BCUT2D eigenvalue weighted by atomic mass is 10.00. The molecule has 0 radical (unpaired) electrons. The quantitative estimate of drug-likeness (QED) is 0.492. The average Bonchev–Trinajstić information content (AvgIpc) is 3.35. The van der Waals surface area contributed by atoms with Crippen molar-refractivity contribution in [2.75, 3.05) is 39.3 Å². The van der Waals surface area contributed by atoms with Crippen LogP contribution in [0.2, 0.25) is 5.02 Å². The van der Waals surface area contributed by atoms with Crippen LogP contribution >= 0.6 is 22.9 Å². The molecule has 1 atom stereocenters. The van der Waals surface area contributed by atoms with Crippen molar-refractivity contribution >= 4 is 34.6 Å². The lowest BCUT2D eigenvalue weighted by molar-refractivity contribution is -0.121. The number of aromatic nitrogens is 3. The molecule has 0 saturated carbocycles. The highest BCUT2D eigenvalue weighted by Gasteiger charge is 2.31. The third-order valence-electron chi connectivity index (χ3n) is 6.94. The summed E-state index contributed by atoms with van der Waals surface area (Å²) in [7, 11) is 0. The Kier molecular flexibility index (Phi) is 7.52. The highest BCUT2D eigenvalue weighted by molar-refractivity contribution is 7.15. The van der Waals surface area contributed by atoms with Gasteiger partial charge in [0, 0.05) is 60.2 Å². The first-order valence-electron chi connectivity index (χ1n) is 12.5. The number of carbonyl (C=O) groups excluding carboxylic acids is 1.